The first kappa shape index (κ1) is 18.6. The summed E-state index contributed by atoms with van der Waals surface area (Å²) in [5.41, 5.74) is 5.01. The van der Waals surface area contributed by atoms with E-state index in [2.05, 4.69) is 22.4 Å². The van der Waals surface area contributed by atoms with Gasteiger partial charge in [-0.25, -0.2) is 9.37 Å². The fourth-order valence-corrected chi connectivity index (χ4v) is 4.31. The van der Waals surface area contributed by atoms with Crippen molar-refractivity contribution >= 4 is 16.9 Å². The van der Waals surface area contributed by atoms with E-state index < -0.39 is 6.04 Å². The molecule has 30 heavy (non-hydrogen) atoms. The van der Waals surface area contributed by atoms with Gasteiger partial charge in [0.15, 0.2) is 0 Å². The maximum absolute atomic E-state index is 13.8. The number of furan rings is 1. The van der Waals surface area contributed by atoms with Gasteiger partial charge >= 0.3 is 0 Å². The van der Waals surface area contributed by atoms with Gasteiger partial charge < -0.3 is 14.3 Å². The lowest BCUT2D eigenvalue weighted by Crippen LogP contribution is -2.32. The standard InChI is InChI=1S/C24H22FN3O2/c1-28-9-8-26-24(28)23(17-6-3-7-19(25)10-17)27-22(29)13-18-14-30-21-12-16-5-2-4-15(16)11-20(18)21/h3,6-12,14,23H,2,4-5,13H2,1H3,(H,27,29)/t23-/m1/s1. The zero-order valence-electron chi connectivity index (χ0n) is 16.7. The number of hydrogen-bond acceptors (Lipinski definition) is 3. The Morgan fingerprint density at radius 1 is 1.27 bits per heavy atom. The van der Waals surface area contributed by atoms with Crippen LogP contribution in [0.1, 0.15) is 40.5 Å². The molecule has 1 aliphatic carbocycles. The van der Waals surface area contributed by atoms with Crippen LogP contribution in [0.15, 0.2) is 59.5 Å². The van der Waals surface area contributed by atoms with Crippen molar-refractivity contribution in [1.29, 1.82) is 0 Å². The Kier molecular flexibility index (Phi) is 4.62. The van der Waals surface area contributed by atoms with E-state index in [1.807, 2.05) is 11.6 Å². The second kappa shape index (κ2) is 7.44. The fraction of sp³-hybridized carbons (Fsp3) is 0.250. The maximum atomic E-state index is 13.8. The number of benzene rings is 2. The average Bonchev–Trinajstić information content (AvgIpc) is 3.45. The molecule has 6 heteroatoms. The summed E-state index contributed by atoms with van der Waals surface area (Å²) in [4.78, 5) is 17.3. The van der Waals surface area contributed by atoms with Gasteiger partial charge in [0.1, 0.15) is 23.3 Å². The summed E-state index contributed by atoms with van der Waals surface area (Å²) in [6.45, 7) is 0. The van der Waals surface area contributed by atoms with Crippen molar-refractivity contribution in [2.24, 2.45) is 7.05 Å². The minimum Gasteiger partial charge on any atom is -0.464 e. The molecule has 1 N–H and O–H groups in total. The fourth-order valence-electron chi connectivity index (χ4n) is 4.31. The summed E-state index contributed by atoms with van der Waals surface area (Å²) < 4.78 is 21.4. The summed E-state index contributed by atoms with van der Waals surface area (Å²) in [7, 11) is 1.85. The topological polar surface area (TPSA) is 60.1 Å². The number of aryl methyl sites for hydroxylation is 3. The number of nitrogens with zero attached hydrogens (tertiary/aromatic N) is 2. The first-order valence-corrected chi connectivity index (χ1v) is 10.1. The first-order valence-electron chi connectivity index (χ1n) is 10.1. The zero-order valence-corrected chi connectivity index (χ0v) is 16.7. The number of halogens is 1. The van der Waals surface area contributed by atoms with Gasteiger partial charge in [-0.15, -0.1) is 0 Å². The van der Waals surface area contributed by atoms with Crippen molar-refractivity contribution in [3.8, 4) is 0 Å². The Morgan fingerprint density at radius 2 is 2.10 bits per heavy atom. The highest BCUT2D eigenvalue weighted by Gasteiger charge is 2.23. The quantitative estimate of drug-likeness (QED) is 0.542. The van der Waals surface area contributed by atoms with Gasteiger partial charge in [-0.3, -0.25) is 4.79 Å². The molecule has 4 aromatic rings. The number of carbonyl (C=O) groups is 1. The van der Waals surface area contributed by atoms with Crippen LogP contribution in [0.25, 0.3) is 11.0 Å². The third-order valence-electron chi connectivity index (χ3n) is 5.82. The van der Waals surface area contributed by atoms with E-state index in [0.717, 1.165) is 35.8 Å². The number of aromatic nitrogens is 2. The molecule has 0 aliphatic heterocycles. The maximum Gasteiger partial charge on any atom is 0.225 e. The van der Waals surface area contributed by atoms with E-state index in [1.54, 1.807) is 30.8 Å². The van der Waals surface area contributed by atoms with Gasteiger partial charge in [0.25, 0.3) is 0 Å². The average molecular weight is 403 g/mol. The SMILES string of the molecule is Cn1ccnc1[C@H](NC(=O)Cc1coc2cc3c(cc12)CCC3)c1cccc(F)c1. The van der Waals surface area contributed by atoms with Crippen LogP contribution >= 0.6 is 0 Å². The van der Waals surface area contributed by atoms with Crippen LogP contribution in [-0.2, 0) is 31.1 Å². The molecule has 5 rings (SSSR count). The Morgan fingerprint density at radius 3 is 2.87 bits per heavy atom. The van der Waals surface area contributed by atoms with Crippen molar-refractivity contribution in [2.75, 3.05) is 0 Å². The minimum atomic E-state index is -0.546. The summed E-state index contributed by atoms with van der Waals surface area (Å²) in [6.07, 6.45) is 8.63. The predicted molar refractivity (Wildman–Crippen MR) is 112 cm³/mol. The largest absolute Gasteiger partial charge is 0.464 e. The molecule has 0 fully saturated rings. The number of carbonyl (C=O) groups excluding carboxylic acids is 1. The smallest absolute Gasteiger partial charge is 0.225 e. The van der Waals surface area contributed by atoms with E-state index in [0.29, 0.717) is 11.4 Å². The van der Waals surface area contributed by atoms with E-state index in [-0.39, 0.29) is 18.1 Å². The molecule has 1 atom stereocenters. The van der Waals surface area contributed by atoms with Gasteiger partial charge in [0, 0.05) is 30.4 Å². The van der Waals surface area contributed by atoms with E-state index in [9.17, 15) is 9.18 Å². The van der Waals surface area contributed by atoms with Gasteiger partial charge in [-0.1, -0.05) is 12.1 Å². The molecule has 2 aromatic heterocycles. The zero-order chi connectivity index (χ0) is 20.7. The number of nitrogens with one attached hydrogen (secondary N) is 1. The lowest BCUT2D eigenvalue weighted by atomic mass is 10.0. The van der Waals surface area contributed by atoms with Crippen molar-refractivity contribution in [1.82, 2.24) is 14.9 Å². The van der Waals surface area contributed by atoms with E-state index in [4.69, 9.17) is 4.42 Å². The van der Waals surface area contributed by atoms with E-state index in [1.165, 1.54) is 23.3 Å². The van der Waals surface area contributed by atoms with Crippen molar-refractivity contribution in [3.63, 3.8) is 0 Å². The highest BCUT2D eigenvalue weighted by Crippen LogP contribution is 2.31. The molecule has 0 saturated carbocycles. The summed E-state index contributed by atoms with van der Waals surface area (Å²) >= 11 is 0. The summed E-state index contributed by atoms with van der Waals surface area (Å²) in [5.74, 6) is 0.120. The minimum absolute atomic E-state index is 0.171. The van der Waals surface area contributed by atoms with Gasteiger partial charge in [0.2, 0.25) is 5.91 Å². The van der Waals surface area contributed by atoms with Gasteiger partial charge in [0.05, 0.1) is 12.7 Å². The molecule has 2 heterocycles. The number of amides is 1. The molecule has 0 radical (unpaired) electrons. The molecular weight excluding hydrogens is 381 g/mol. The lowest BCUT2D eigenvalue weighted by Gasteiger charge is -2.19. The monoisotopic (exact) mass is 403 g/mol. The second-order valence-electron chi connectivity index (χ2n) is 7.86. The van der Waals surface area contributed by atoms with Crippen LogP contribution in [0, 0.1) is 5.82 Å². The number of fused-ring (bicyclic) bond motifs is 2. The van der Waals surface area contributed by atoms with Gasteiger partial charge in [-0.05, 0) is 60.2 Å². The van der Waals surface area contributed by atoms with Gasteiger partial charge in [-0.2, -0.15) is 0 Å². The van der Waals surface area contributed by atoms with Crippen LogP contribution in [0.2, 0.25) is 0 Å². The first-order chi connectivity index (χ1) is 14.6. The van der Waals surface area contributed by atoms with Crippen LogP contribution in [0.3, 0.4) is 0 Å². The molecule has 2 aromatic carbocycles. The van der Waals surface area contributed by atoms with E-state index >= 15 is 0 Å². The number of imidazole rings is 1. The molecule has 1 amide bonds. The second-order valence-corrected chi connectivity index (χ2v) is 7.86. The predicted octanol–water partition coefficient (Wildman–Crippen LogP) is 4.24. The third-order valence-corrected chi connectivity index (χ3v) is 5.82. The van der Waals surface area contributed by atoms with Crippen LogP contribution in [-0.4, -0.2) is 15.5 Å². The highest BCUT2D eigenvalue weighted by molar-refractivity contribution is 5.89. The third kappa shape index (κ3) is 3.38. The molecule has 5 nitrogen and oxygen atoms in total. The summed E-state index contributed by atoms with van der Waals surface area (Å²) in [5, 5.41) is 4.02. The molecule has 0 saturated heterocycles. The molecule has 0 bridgehead atoms. The molecule has 1 aliphatic rings. The Bertz CT molecular complexity index is 1240. The van der Waals surface area contributed by atoms with Crippen LogP contribution in [0.5, 0.6) is 0 Å². The highest BCUT2D eigenvalue weighted by atomic mass is 19.1. The summed E-state index contributed by atoms with van der Waals surface area (Å²) in [6, 6.07) is 9.95. The number of hydrogen-bond donors (Lipinski definition) is 1. The van der Waals surface area contributed by atoms with Crippen molar-refractivity contribution < 1.29 is 13.6 Å². The lowest BCUT2D eigenvalue weighted by molar-refractivity contribution is -0.121. The van der Waals surface area contributed by atoms with Crippen LogP contribution in [0.4, 0.5) is 4.39 Å². The Hall–Kier alpha value is -3.41. The molecule has 152 valence electrons. The van der Waals surface area contributed by atoms with Crippen molar-refractivity contribution in [2.45, 2.75) is 31.7 Å². The molecular formula is C24H22FN3O2. The molecule has 0 unspecified atom stereocenters. The molecule has 0 spiro atoms. The van der Waals surface area contributed by atoms with Crippen LogP contribution < -0.4 is 5.32 Å². The Labute approximate surface area is 173 Å². The normalized spacial score (nSPS) is 14.1. The Balaban J connectivity index is 1.42. The number of rotatable bonds is 5. The van der Waals surface area contributed by atoms with Crippen molar-refractivity contribution in [3.05, 3.63) is 89.0 Å².